The first kappa shape index (κ1) is 30.7. The van der Waals surface area contributed by atoms with Gasteiger partial charge >= 0.3 is 0 Å². The molecule has 0 aliphatic heterocycles. The van der Waals surface area contributed by atoms with Gasteiger partial charge in [-0.15, -0.1) is 0 Å². The summed E-state index contributed by atoms with van der Waals surface area (Å²) in [5.74, 6) is 0. The van der Waals surface area contributed by atoms with Crippen LogP contribution in [0.5, 0.6) is 0 Å². The first-order valence-corrected chi connectivity index (χ1v) is 18.0. The molecular weight excluding hydrogens is 645 g/mol. The van der Waals surface area contributed by atoms with Crippen molar-refractivity contribution < 1.29 is 4.42 Å². The smallest absolute Gasteiger partial charge is 0.136 e. The Hall–Kier alpha value is -7.10. The SMILES string of the molecule is c1ccc(N(c2ccccc2)c2cccc(N(c3ccccc3)c3ccc(-c4ccc5ccc6cc7c(cc6c5c4)oc4ccccc47)cc3)c2)cc1. The topological polar surface area (TPSA) is 19.6 Å². The van der Waals surface area contributed by atoms with Crippen LogP contribution in [0.25, 0.3) is 54.6 Å². The molecule has 3 nitrogen and oxygen atoms in total. The van der Waals surface area contributed by atoms with Gasteiger partial charge in [0.15, 0.2) is 0 Å². The van der Waals surface area contributed by atoms with Gasteiger partial charge in [0.1, 0.15) is 11.2 Å². The summed E-state index contributed by atoms with van der Waals surface area (Å²) in [6, 6.07) is 73.4. The molecule has 1 heterocycles. The summed E-state index contributed by atoms with van der Waals surface area (Å²) in [4.78, 5) is 4.63. The van der Waals surface area contributed by atoms with Gasteiger partial charge < -0.3 is 14.2 Å². The van der Waals surface area contributed by atoms with E-state index in [9.17, 15) is 0 Å². The monoisotopic (exact) mass is 678 g/mol. The van der Waals surface area contributed by atoms with Gasteiger partial charge in [0.2, 0.25) is 0 Å². The van der Waals surface area contributed by atoms with Crippen molar-refractivity contribution in [3.05, 3.63) is 206 Å². The van der Waals surface area contributed by atoms with E-state index in [1.165, 1.54) is 32.7 Å². The van der Waals surface area contributed by atoms with E-state index in [1.54, 1.807) is 0 Å². The highest BCUT2D eigenvalue weighted by molar-refractivity contribution is 6.16. The zero-order valence-electron chi connectivity index (χ0n) is 28.9. The molecule has 0 aliphatic rings. The van der Waals surface area contributed by atoms with Crippen LogP contribution in [0.3, 0.4) is 0 Å². The lowest BCUT2D eigenvalue weighted by atomic mass is 9.96. The summed E-state index contributed by atoms with van der Waals surface area (Å²) < 4.78 is 6.29. The van der Waals surface area contributed by atoms with Crippen molar-refractivity contribution in [1.82, 2.24) is 0 Å². The number of para-hydroxylation sites is 4. The average molecular weight is 679 g/mol. The number of furan rings is 1. The van der Waals surface area contributed by atoms with Crippen LogP contribution < -0.4 is 9.80 Å². The molecule has 0 N–H and O–H groups in total. The highest BCUT2D eigenvalue weighted by atomic mass is 16.3. The van der Waals surface area contributed by atoms with E-state index in [4.69, 9.17) is 4.42 Å². The van der Waals surface area contributed by atoms with E-state index in [0.717, 1.165) is 56.1 Å². The van der Waals surface area contributed by atoms with Crippen LogP contribution in [0.15, 0.2) is 211 Å². The Morgan fingerprint density at radius 1 is 0.264 bits per heavy atom. The lowest BCUT2D eigenvalue weighted by molar-refractivity contribution is 0.669. The predicted octanol–water partition coefficient (Wildman–Crippen LogP) is 14.5. The number of hydrogen-bond donors (Lipinski definition) is 0. The second kappa shape index (κ2) is 12.9. The zero-order chi connectivity index (χ0) is 35.1. The minimum Gasteiger partial charge on any atom is -0.456 e. The van der Waals surface area contributed by atoms with Crippen molar-refractivity contribution in [2.75, 3.05) is 9.80 Å². The molecule has 250 valence electrons. The fourth-order valence-corrected chi connectivity index (χ4v) is 7.65. The van der Waals surface area contributed by atoms with Crippen molar-refractivity contribution in [3.63, 3.8) is 0 Å². The molecule has 10 rings (SSSR count). The molecule has 0 aliphatic carbocycles. The molecule has 10 aromatic rings. The van der Waals surface area contributed by atoms with Crippen LogP contribution in [0.2, 0.25) is 0 Å². The van der Waals surface area contributed by atoms with Crippen LogP contribution in [0.4, 0.5) is 34.1 Å². The van der Waals surface area contributed by atoms with E-state index in [1.807, 2.05) is 12.1 Å². The van der Waals surface area contributed by atoms with E-state index < -0.39 is 0 Å². The highest BCUT2D eigenvalue weighted by Crippen LogP contribution is 2.41. The Bertz CT molecular complexity index is 2840. The van der Waals surface area contributed by atoms with Gasteiger partial charge in [0.05, 0.1) is 0 Å². The van der Waals surface area contributed by atoms with E-state index in [0.29, 0.717) is 0 Å². The largest absolute Gasteiger partial charge is 0.456 e. The number of nitrogens with zero attached hydrogens (tertiary/aromatic N) is 2. The minimum absolute atomic E-state index is 0.918. The minimum atomic E-state index is 0.918. The number of rotatable bonds is 7. The van der Waals surface area contributed by atoms with Crippen LogP contribution in [0, 0.1) is 0 Å². The van der Waals surface area contributed by atoms with Gasteiger partial charge in [-0.1, -0.05) is 115 Å². The molecule has 0 atom stereocenters. The number of fused-ring (bicyclic) bond motifs is 6. The Balaban J connectivity index is 1.05. The molecule has 3 heteroatoms. The second-order valence-electron chi connectivity index (χ2n) is 13.4. The van der Waals surface area contributed by atoms with Crippen LogP contribution in [0.1, 0.15) is 0 Å². The quantitative estimate of drug-likeness (QED) is 0.156. The van der Waals surface area contributed by atoms with Gasteiger partial charge in [-0.25, -0.2) is 0 Å². The van der Waals surface area contributed by atoms with Crippen molar-refractivity contribution in [1.29, 1.82) is 0 Å². The average Bonchev–Trinajstić information content (AvgIpc) is 3.59. The third-order valence-corrected chi connectivity index (χ3v) is 10.2. The highest BCUT2D eigenvalue weighted by Gasteiger charge is 2.17. The summed E-state index contributed by atoms with van der Waals surface area (Å²) in [6.07, 6.45) is 0. The summed E-state index contributed by atoms with van der Waals surface area (Å²) >= 11 is 0. The third-order valence-electron chi connectivity index (χ3n) is 10.2. The number of hydrogen-bond acceptors (Lipinski definition) is 3. The molecule has 0 unspecified atom stereocenters. The van der Waals surface area contributed by atoms with Crippen molar-refractivity contribution in [3.8, 4) is 11.1 Å². The molecule has 53 heavy (non-hydrogen) atoms. The molecule has 0 amide bonds. The second-order valence-corrected chi connectivity index (χ2v) is 13.4. The molecule has 1 aromatic heterocycles. The fraction of sp³-hybridized carbons (Fsp3) is 0. The van der Waals surface area contributed by atoms with Gasteiger partial charge in [0.25, 0.3) is 0 Å². The summed E-state index contributed by atoms with van der Waals surface area (Å²) in [6.45, 7) is 0. The van der Waals surface area contributed by atoms with Gasteiger partial charge in [0, 0.05) is 44.9 Å². The Morgan fingerprint density at radius 3 is 1.40 bits per heavy atom. The molecule has 0 radical (unpaired) electrons. The van der Waals surface area contributed by atoms with Crippen LogP contribution in [-0.2, 0) is 0 Å². The molecule has 0 fully saturated rings. The van der Waals surface area contributed by atoms with Gasteiger partial charge in [-0.05, 0) is 124 Å². The lowest BCUT2D eigenvalue weighted by Gasteiger charge is -2.29. The normalized spacial score (nSPS) is 11.4. The standard InChI is InChI=1S/C50H34N2O/c1-4-13-39(14-5-1)51(40-15-6-2-7-16-40)43-19-12-20-44(33-43)52(41-17-8-3-9-18-41)42-29-27-35(28-30-42)37-25-23-36-24-26-38-32-48-45-21-10-11-22-49(45)53-50(48)34-47(38)46(36)31-37/h1-34H. The molecule has 0 spiro atoms. The Morgan fingerprint density at radius 2 is 0.755 bits per heavy atom. The maximum absolute atomic E-state index is 6.29. The van der Waals surface area contributed by atoms with Crippen molar-refractivity contribution in [2.45, 2.75) is 0 Å². The first-order valence-electron chi connectivity index (χ1n) is 18.0. The number of anilines is 6. The fourth-order valence-electron chi connectivity index (χ4n) is 7.65. The molecule has 0 bridgehead atoms. The number of benzene rings is 9. The van der Waals surface area contributed by atoms with Crippen LogP contribution in [-0.4, -0.2) is 0 Å². The Kier molecular flexibility index (Phi) is 7.47. The molecule has 0 saturated carbocycles. The van der Waals surface area contributed by atoms with Crippen LogP contribution >= 0.6 is 0 Å². The van der Waals surface area contributed by atoms with E-state index >= 15 is 0 Å². The van der Waals surface area contributed by atoms with Gasteiger partial charge in [-0.2, -0.15) is 0 Å². The predicted molar refractivity (Wildman–Crippen MR) is 224 cm³/mol. The summed E-state index contributed by atoms with van der Waals surface area (Å²) in [5, 5.41) is 7.14. The molecule has 9 aromatic carbocycles. The van der Waals surface area contributed by atoms with E-state index in [2.05, 4.69) is 204 Å². The summed E-state index contributed by atoms with van der Waals surface area (Å²) in [7, 11) is 0. The van der Waals surface area contributed by atoms with Crippen molar-refractivity contribution >= 4 is 77.6 Å². The van der Waals surface area contributed by atoms with E-state index in [-0.39, 0.29) is 0 Å². The zero-order valence-corrected chi connectivity index (χ0v) is 28.9. The maximum Gasteiger partial charge on any atom is 0.136 e. The maximum atomic E-state index is 6.29. The lowest BCUT2D eigenvalue weighted by Crippen LogP contribution is -2.13. The molecule has 0 saturated heterocycles. The third kappa shape index (κ3) is 5.56. The van der Waals surface area contributed by atoms with Gasteiger partial charge in [-0.3, -0.25) is 0 Å². The summed E-state index contributed by atoms with van der Waals surface area (Å²) in [5.41, 5.74) is 10.7. The first-order chi connectivity index (χ1) is 26.3. The Labute approximate surface area is 308 Å². The van der Waals surface area contributed by atoms with Crippen molar-refractivity contribution in [2.24, 2.45) is 0 Å². The molecular formula is C50H34N2O.